The number of benzene rings is 2. The molecule has 2 aromatic carbocycles. The highest BCUT2D eigenvalue weighted by molar-refractivity contribution is 6.76. The molecule has 1 amide bonds. The first-order valence-corrected chi connectivity index (χ1v) is 15.9. The van der Waals surface area contributed by atoms with Crippen LogP contribution in [0.3, 0.4) is 0 Å². The molecule has 0 aromatic heterocycles. The summed E-state index contributed by atoms with van der Waals surface area (Å²) in [7, 11) is -1.36. The van der Waals surface area contributed by atoms with Crippen LogP contribution in [0.2, 0.25) is 25.7 Å². The zero-order chi connectivity index (χ0) is 30.4. The third kappa shape index (κ3) is 9.40. The van der Waals surface area contributed by atoms with Crippen LogP contribution in [0.25, 0.3) is 5.76 Å². The summed E-state index contributed by atoms with van der Waals surface area (Å²) in [6.45, 7) is 11.2. The molecule has 0 aliphatic carbocycles. The number of aliphatic hydroxyl groups excluding tert-OH is 1. The minimum absolute atomic E-state index is 0.0220. The highest BCUT2D eigenvalue weighted by Gasteiger charge is 2.27. The van der Waals surface area contributed by atoms with Gasteiger partial charge in [-0.15, -0.1) is 0 Å². The first kappa shape index (κ1) is 32.3. The second-order valence-corrected chi connectivity index (χ2v) is 16.6. The molecule has 2 aromatic rings. The van der Waals surface area contributed by atoms with Gasteiger partial charge in [-0.1, -0.05) is 25.7 Å². The molecule has 0 spiro atoms. The van der Waals surface area contributed by atoms with Crippen molar-refractivity contribution in [1.82, 2.24) is 5.32 Å². The third-order valence-electron chi connectivity index (χ3n) is 5.13. The first-order valence-electron chi connectivity index (χ1n) is 12.2. The average molecular weight is 585 g/mol. The molecule has 0 atom stereocenters. The molecule has 0 heterocycles. The maximum Gasteiger partial charge on any atom is 0.407 e. The number of halogens is 4. The molecule has 218 valence electrons. The SMILES string of the molecule is CC(C)(C)OC(=O)/C(C=Nc1ccc(CNC(=O)OCC[Si](C)(C)C)cc1O)=C(/O)c1cc(F)c(F)c(F)c1F. The second-order valence-electron chi connectivity index (χ2n) is 11.0. The number of nitrogens with one attached hydrogen (secondary N) is 1. The number of alkyl carbamates (subject to hydrolysis) is 1. The Hall–Kier alpha value is -3.87. The molecule has 0 unspecified atom stereocenters. The van der Waals surface area contributed by atoms with E-state index in [1.54, 1.807) is 0 Å². The van der Waals surface area contributed by atoms with Crippen LogP contribution in [-0.4, -0.2) is 48.8 Å². The summed E-state index contributed by atoms with van der Waals surface area (Å²) in [5.74, 6) is -10.9. The van der Waals surface area contributed by atoms with Gasteiger partial charge in [-0.05, 0) is 50.6 Å². The molecule has 0 saturated carbocycles. The summed E-state index contributed by atoms with van der Waals surface area (Å²) < 4.78 is 65.5. The molecule has 0 bridgehead atoms. The zero-order valence-electron chi connectivity index (χ0n) is 23.0. The molecule has 3 N–H and O–H groups in total. The number of nitrogens with zero attached hydrogens (tertiary/aromatic N) is 1. The van der Waals surface area contributed by atoms with Crippen molar-refractivity contribution in [1.29, 1.82) is 0 Å². The largest absolute Gasteiger partial charge is 0.506 e. The Morgan fingerprint density at radius 3 is 2.27 bits per heavy atom. The lowest BCUT2D eigenvalue weighted by atomic mass is 10.1. The Labute approximate surface area is 230 Å². The van der Waals surface area contributed by atoms with E-state index >= 15 is 0 Å². The lowest BCUT2D eigenvalue weighted by molar-refractivity contribution is -0.149. The van der Waals surface area contributed by atoms with E-state index in [-0.39, 0.29) is 18.3 Å². The molecule has 0 aliphatic rings. The van der Waals surface area contributed by atoms with Crippen molar-refractivity contribution in [3.05, 3.63) is 64.2 Å². The van der Waals surface area contributed by atoms with E-state index in [4.69, 9.17) is 9.47 Å². The van der Waals surface area contributed by atoms with Crippen LogP contribution in [0.5, 0.6) is 5.75 Å². The van der Waals surface area contributed by atoms with Gasteiger partial charge in [0, 0.05) is 20.8 Å². The number of carbonyl (C=O) groups is 2. The molecular weight excluding hydrogens is 552 g/mol. The van der Waals surface area contributed by atoms with Gasteiger partial charge in [-0.25, -0.2) is 27.2 Å². The molecule has 0 aliphatic heterocycles. The molecule has 2 rings (SSSR count). The van der Waals surface area contributed by atoms with Gasteiger partial charge < -0.3 is 25.0 Å². The summed E-state index contributed by atoms with van der Waals surface area (Å²) in [4.78, 5) is 28.5. The van der Waals surface area contributed by atoms with Gasteiger partial charge in [0.1, 0.15) is 28.4 Å². The van der Waals surface area contributed by atoms with E-state index in [0.717, 1.165) is 6.04 Å². The molecule has 0 saturated heterocycles. The predicted molar refractivity (Wildman–Crippen MR) is 144 cm³/mol. The molecule has 8 nitrogen and oxygen atoms in total. The van der Waals surface area contributed by atoms with Gasteiger partial charge in [0.15, 0.2) is 23.3 Å². The van der Waals surface area contributed by atoms with Crippen LogP contribution in [-0.2, 0) is 20.8 Å². The van der Waals surface area contributed by atoms with E-state index in [1.807, 2.05) is 0 Å². The number of aliphatic hydroxyl groups is 1. The van der Waals surface area contributed by atoms with E-state index in [9.17, 15) is 37.4 Å². The zero-order valence-corrected chi connectivity index (χ0v) is 24.0. The van der Waals surface area contributed by atoms with E-state index in [2.05, 4.69) is 30.0 Å². The first-order chi connectivity index (χ1) is 18.4. The Morgan fingerprint density at radius 1 is 1.05 bits per heavy atom. The van der Waals surface area contributed by atoms with E-state index in [0.29, 0.717) is 18.4 Å². The summed E-state index contributed by atoms with van der Waals surface area (Å²) in [5, 5.41) is 23.5. The van der Waals surface area contributed by atoms with Crippen molar-refractivity contribution >= 4 is 37.8 Å². The summed E-state index contributed by atoms with van der Waals surface area (Å²) >= 11 is 0. The highest BCUT2D eigenvalue weighted by atomic mass is 28.3. The van der Waals surface area contributed by atoms with Gasteiger partial charge in [0.05, 0.1) is 12.2 Å². The number of aliphatic imine (C=N–C) groups is 1. The number of amides is 1. The number of rotatable bonds is 9. The summed E-state index contributed by atoms with van der Waals surface area (Å²) in [5.41, 5.74) is -2.71. The van der Waals surface area contributed by atoms with Gasteiger partial charge in [-0.3, -0.25) is 4.99 Å². The monoisotopic (exact) mass is 584 g/mol. The molecule has 13 heteroatoms. The Balaban J connectivity index is 2.32. The maximum absolute atomic E-state index is 14.3. The number of hydrogen-bond donors (Lipinski definition) is 3. The fourth-order valence-electron chi connectivity index (χ4n) is 3.03. The van der Waals surface area contributed by atoms with Crippen molar-refractivity contribution in [3.63, 3.8) is 0 Å². The van der Waals surface area contributed by atoms with Crippen LogP contribution < -0.4 is 5.32 Å². The molecule has 0 radical (unpaired) electrons. The van der Waals surface area contributed by atoms with Crippen molar-refractivity contribution in [2.24, 2.45) is 4.99 Å². The minimum atomic E-state index is -2.19. The standard InChI is InChI=1S/C27H32F4N2O6Si/c1-27(2,3)39-25(36)17(24(35)16-12-18(28)22(30)23(31)21(16)29)14-32-19-8-7-15(11-20(19)34)13-33-26(37)38-9-10-40(4,5)6/h7-8,11-12,14,34-35H,9-10,13H2,1-6H3,(H,33,37)/b24-17+,32-14?. The lowest BCUT2D eigenvalue weighted by Gasteiger charge is -2.20. The fourth-order valence-corrected chi connectivity index (χ4v) is 3.75. The predicted octanol–water partition coefficient (Wildman–Crippen LogP) is 6.53. The second kappa shape index (κ2) is 13.0. The van der Waals surface area contributed by atoms with Crippen molar-refractivity contribution < 1.29 is 46.8 Å². The third-order valence-corrected chi connectivity index (χ3v) is 6.83. The number of ether oxygens (including phenoxy) is 2. The number of phenols is 1. The Kier molecular flexibility index (Phi) is 10.5. The highest BCUT2D eigenvalue weighted by Crippen LogP contribution is 2.29. The summed E-state index contributed by atoms with van der Waals surface area (Å²) in [6.07, 6.45) is 0.0774. The number of phenolic OH excluding ortho intramolecular Hbond substituents is 1. The Bertz CT molecular complexity index is 1330. The number of aromatic hydroxyl groups is 1. The smallest absolute Gasteiger partial charge is 0.407 e. The van der Waals surface area contributed by atoms with Gasteiger partial charge in [0.2, 0.25) is 0 Å². The van der Waals surface area contributed by atoms with Crippen molar-refractivity contribution in [3.8, 4) is 5.75 Å². The van der Waals surface area contributed by atoms with Gasteiger partial charge >= 0.3 is 12.1 Å². The quantitative estimate of drug-likeness (QED) is 0.0451. The summed E-state index contributed by atoms with van der Waals surface area (Å²) in [6, 6.07) is 5.07. The van der Waals surface area contributed by atoms with Gasteiger partial charge in [0.25, 0.3) is 0 Å². The minimum Gasteiger partial charge on any atom is -0.506 e. The fraction of sp³-hybridized carbons (Fsp3) is 0.370. The van der Waals surface area contributed by atoms with Crippen LogP contribution in [0.15, 0.2) is 34.8 Å². The number of esters is 1. The van der Waals surface area contributed by atoms with Crippen molar-refractivity contribution in [2.45, 2.75) is 58.6 Å². The van der Waals surface area contributed by atoms with E-state index in [1.165, 1.54) is 39.0 Å². The normalized spacial score (nSPS) is 12.8. The average Bonchev–Trinajstić information content (AvgIpc) is 2.82. The molecule has 40 heavy (non-hydrogen) atoms. The van der Waals surface area contributed by atoms with Crippen molar-refractivity contribution in [2.75, 3.05) is 6.61 Å². The van der Waals surface area contributed by atoms with Crippen LogP contribution in [0.1, 0.15) is 31.9 Å². The van der Waals surface area contributed by atoms with Gasteiger partial charge in [-0.2, -0.15) is 0 Å². The maximum atomic E-state index is 14.3. The molecular formula is C27H32F4N2O6Si. The topological polar surface area (TPSA) is 117 Å². The number of hydrogen-bond acceptors (Lipinski definition) is 7. The lowest BCUT2D eigenvalue weighted by Crippen LogP contribution is -2.27. The Morgan fingerprint density at radius 2 is 1.70 bits per heavy atom. The van der Waals surface area contributed by atoms with Crippen LogP contribution >= 0.6 is 0 Å². The van der Waals surface area contributed by atoms with Crippen LogP contribution in [0, 0.1) is 23.3 Å². The molecule has 0 fully saturated rings. The number of carbonyl (C=O) groups excluding carboxylic acids is 2. The van der Waals surface area contributed by atoms with Crippen LogP contribution in [0.4, 0.5) is 28.0 Å². The van der Waals surface area contributed by atoms with E-state index < -0.39 is 71.7 Å².